The molecular weight excluding hydrogens is 634 g/mol. The van der Waals surface area contributed by atoms with Gasteiger partial charge in [0.05, 0.1) is 28.4 Å². The number of aliphatic hydroxyl groups is 1. The average molecular weight is 666 g/mol. The Labute approximate surface area is 264 Å². The molecule has 2 aromatic rings. The van der Waals surface area contributed by atoms with Crippen molar-refractivity contribution in [2.75, 3.05) is 24.7 Å². The first-order valence-corrected chi connectivity index (χ1v) is 16.5. The lowest BCUT2D eigenvalue weighted by atomic mass is 9.76. The zero-order valence-electron chi connectivity index (χ0n) is 23.7. The van der Waals surface area contributed by atoms with Crippen LogP contribution in [0.4, 0.5) is 15.8 Å². The molecular formula is C30H31Cl2FN4O6S. The summed E-state index contributed by atoms with van der Waals surface area (Å²) < 4.78 is 40.7. The molecule has 0 bridgehead atoms. The second kappa shape index (κ2) is 12.3. The number of nitrogens with zero attached hydrogens (tertiary/aromatic N) is 2. The number of fused-ring (bicyclic) bond motifs is 2. The summed E-state index contributed by atoms with van der Waals surface area (Å²) in [6, 6.07) is 6.76. The molecule has 234 valence electrons. The van der Waals surface area contributed by atoms with E-state index >= 15 is 4.39 Å². The summed E-state index contributed by atoms with van der Waals surface area (Å²) in [5.74, 6) is -2.14. The van der Waals surface area contributed by atoms with E-state index in [-0.39, 0.29) is 28.0 Å². The van der Waals surface area contributed by atoms with Gasteiger partial charge in [0.2, 0.25) is 5.91 Å². The third-order valence-electron chi connectivity index (χ3n) is 8.44. The number of halogens is 3. The molecule has 10 nitrogen and oxygen atoms in total. The minimum Gasteiger partial charge on any atom is -0.395 e. The summed E-state index contributed by atoms with van der Waals surface area (Å²) in [5.41, 5.74) is -0.948. The number of nitrogens with one attached hydrogen (secondary N) is 2. The van der Waals surface area contributed by atoms with E-state index in [1.54, 1.807) is 18.2 Å². The molecule has 5 rings (SSSR count). The van der Waals surface area contributed by atoms with Crippen LogP contribution in [-0.2, 0) is 26.7 Å². The van der Waals surface area contributed by atoms with Crippen molar-refractivity contribution >= 4 is 50.3 Å². The standard InChI is InChI=1S/C30H31Cl2FN4O6S/c1-17(31)4-3-5-23(33)27-28(34-14-19-8-10-21(44(2,42)43)13-25(19)37(40)41)26(16-38)36(15-18-6-7-18)30(27)22-11-9-20(32)12-24(22)35-29(30)39/h3-5,8-13,18,26-28,34,38H,1,6-7,14-16H2,2H3,(H,35,39)/b4-3-,23-5-/t26-,27-,28+,30+/m0/s1. The first-order chi connectivity index (χ1) is 20.8. The molecule has 2 heterocycles. The number of allylic oxidation sites excluding steroid dienone is 4. The number of sulfone groups is 1. The van der Waals surface area contributed by atoms with Gasteiger partial charge in [-0.2, -0.15) is 0 Å². The predicted octanol–water partition coefficient (Wildman–Crippen LogP) is 4.82. The Morgan fingerprint density at radius 2 is 2.05 bits per heavy atom. The fourth-order valence-electron chi connectivity index (χ4n) is 6.37. The van der Waals surface area contributed by atoms with E-state index in [2.05, 4.69) is 17.2 Å². The van der Waals surface area contributed by atoms with Gasteiger partial charge in [0, 0.05) is 58.3 Å². The molecule has 1 aliphatic carbocycles. The molecule has 2 fully saturated rings. The topological polar surface area (TPSA) is 142 Å². The van der Waals surface area contributed by atoms with Crippen molar-refractivity contribution in [1.82, 2.24) is 10.2 Å². The van der Waals surface area contributed by atoms with E-state index < -0.39 is 62.3 Å². The first-order valence-electron chi connectivity index (χ1n) is 13.9. The van der Waals surface area contributed by atoms with Gasteiger partial charge in [-0.3, -0.25) is 19.8 Å². The fraction of sp³-hybridized carbons (Fsp3) is 0.367. The maximum absolute atomic E-state index is 16.6. The number of carbonyl (C=O) groups excluding carboxylic acids is 1. The molecule has 2 aliphatic heterocycles. The Balaban J connectivity index is 1.65. The van der Waals surface area contributed by atoms with Crippen molar-refractivity contribution in [2.24, 2.45) is 11.8 Å². The molecule has 1 spiro atoms. The largest absolute Gasteiger partial charge is 0.395 e. The summed E-state index contributed by atoms with van der Waals surface area (Å²) in [5, 5.41) is 29.3. The summed E-state index contributed by atoms with van der Waals surface area (Å²) in [4.78, 5) is 27.0. The van der Waals surface area contributed by atoms with Gasteiger partial charge in [0.15, 0.2) is 9.84 Å². The molecule has 1 saturated heterocycles. The van der Waals surface area contributed by atoms with Gasteiger partial charge >= 0.3 is 0 Å². The second-order valence-electron chi connectivity index (χ2n) is 11.3. The smallest absolute Gasteiger partial charge is 0.275 e. The van der Waals surface area contributed by atoms with Crippen LogP contribution >= 0.6 is 23.2 Å². The lowest BCUT2D eigenvalue weighted by molar-refractivity contribution is -0.385. The highest BCUT2D eigenvalue weighted by Crippen LogP contribution is 2.56. The van der Waals surface area contributed by atoms with Gasteiger partial charge in [-0.05, 0) is 55.2 Å². The summed E-state index contributed by atoms with van der Waals surface area (Å²) >= 11 is 12.1. The molecule has 0 radical (unpaired) electrons. The number of nitro groups is 1. The maximum Gasteiger partial charge on any atom is 0.275 e. The number of rotatable bonds is 11. The van der Waals surface area contributed by atoms with Crippen LogP contribution in [-0.4, -0.2) is 60.7 Å². The van der Waals surface area contributed by atoms with E-state index in [0.717, 1.165) is 25.2 Å². The molecule has 1 amide bonds. The lowest BCUT2D eigenvalue weighted by Gasteiger charge is -2.38. The average Bonchev–Trinajstić information content (AvgIpc) is 3.66. The zero-order chi connectivity index (χ0) is 32.0. The summed E-state index contributed by atoms with van der Waals surface area (Å²) in [6.45, 7) is 3.35. The van der Waals surface area contributed by atoms with Crippen molar-refractivity contribution in [3.05, 3.63) is 98.3 Å². The number of benzene rings is 2. The Hall–Kier alpha value is -3.13. The van der Waals surface area contributed by atoms with E-state index in [9.17, 15) is 28.4 Å². The molecule has 1 saturated carbocycles. The van der Waals surface area contributed by atoms with E-state index in [1.165, 1.54) is 30.4 Å². The van der Waals surface area contributed by atoms with Gasteiger partial charge in [-0.15, -0.1) is 0 Å². The van der Waals surface area contributed by atoms with E-state index in [0.29, 0.717) is 22.8 Å². The molecule has 4 atom stereocenters. The minimum atomic E-state index is -3.72. The number of anilines is 1. The van der Waals surface area contributed by atoms with Gasteiger partial charge in [-0.1, -0.05) is 41.9 Å². The Morgan fingerprint density at radius 1 is 1.32 bits per heavy atom. The Bertz CT molecular complexity index is 1700. The predicted molar refractivity (Wildman–Crippen MR) is 166 cm³/mol. The SMILES string of the molecule is C=C(Cl)/C=C\C=C(/F)[C@H]1[C@H](NCc2ccc(S(C)(=O)=O)cc2[N+](=O)[O-])[C@H](CO)N(CC2CC2)[C@@]12C(=O)Nc1cc(Cl)ccc12. The molecule has 0 unspecified atom stereocenters. The zero-order valence-corrected chi connectivity index (χ0v) is 26.0. The first kappa shape index (κ1) is 32.3. The van der Waals surface area contributed by atoms with Crippen LogP contribution in [0.25, 0.3) is 0 Å². The molecule has 0 aromatic heterocycles. The second-order valence-corrected chi connectivity index (χ2v) is 14.3. The van der Waals surface area contributed by atoms with Crippen LogP contribution in [0.3, 0.4) is 0 Å². The number of carbonyl (C=O) groups is 1. The van der Waals surface area contributed by atoms with Crippen LogP contribution in [0.5, 0.6) is 0 Å². The molecule has 3 N–H and O–H groups in total. The quantitative estimate of drug-likeness (QED) is 0.176. The van der Waals surface area contributed by atoms with Crippen molar-refractivity contribution in [3.63, 3.8) is 0 Å². The Morgan fingerprint density at radius 3 is 2.66 bits per heavy atom. The Kier molecular flexibility index (Phi) is 9.05. The number of likely N-dealkylation sites (tertiary alicyclic amines) is 1. The highest BCUT2D eigenvalue weighted by molar-refractivity contribution is 7.90. The molecule has 2 aromatic carbocycles. The normalized spacial score (nSPS) is 25.5. The monoisotopic (exact) mass is 664 g/mol. The third kappa shape index (κ3) is 5.94. The van der Waals surface area contributed by atoms with Gasteiger partial charge in [-0.25, -0.2) is 12.8 Å². The minimum absolute atomic E-state index is 0.151. The molecule has 14 heteroatoms. The van der Waals surface area contributed by atoms with Crippen LogP contribution in [0.1, 0.15) is 24.0 Å². The van der Waals surface area contributed by atoms with Gasteiger partial charge < -0.3 is 15.7 Å². The van der Waals surface area contributed by atoms with Crippen molar-refractivity contribution in [3.8, 4) is 0 Å². The number of aliphatic hydroxyl groups excluding tert-OH is 1. The van der Waals surface area contributed by atoms with Crippen molar-refractivity contribution in [1.29, 1.82) is 0 Å². The maximum atomic E-state index is 16.6. The highest BCUT2D eigenvalue weighted by Gasteiger charge is 2.67. The number of hydrogen-bond donors (Lipinski definition) is 3. The number of amides is 1. The van der Waals surface area contributed by atoms with Gasteiger partial charge in [0.1, 0.15) is 11.4 Å². The highest BCUT2D eigenvalue weighted by atomic mass is 35.5. The molecule has 3 aliphatic rings. The van der Waals surface area contributed by atoms with E-state index in [4.69, 9.17) is 23.2 Å². The fourth-order valence-corrected chi connectivity index (χ4v) is 7.25. The lowest BCUT2D eigenvalue weighted by Crippen LogP contribution is -2.54. The van der Waals surface area contributed by atoms with Crippen molar-refractivity contribution < 1.29 is 27.6 Å². The van der Waals surface area contributed by atoms with Crippen LogP contribution < -0.4 is 10.6 Å². The van der Waals surface area contributed by atoms with Crippen molar-refractivity contribution in [2.45, 2.75) is 41.9 Å². The summed E-state index contributed by atoms with van der Waals surface area (Å²) in [6.07, 6.45) is 6.74. The van der Waals surface area contributed by atoms with Crippen LogP contribution in [0.2, 0.25) is 5.02 Å². The number of nitro benzene ring substituents is 1. The molecule has 44 heavy (non-hydrogen) atoms. The van der Waals surface area contributed by atoms with E-state index in [1.807, 2.05) is 4.90 Å². The van der Waals surface area contributed by atoms with Crippen LogP contribution in [0.15, 0.2) is 77.0 Å². The third-order valence-corrected chi connectivity index (χ3v) is 9.91. The van der Waals surface area contributed by atoms with Crippen LogP contribution in [0, 0.1) is 22.0 Å². The number of hydrogen-bond acceptors (Lipinski definition) is 8. The summed E-state index contributed by atoms with van der Waals surface area (Å²) in [7, 11) is -3.72. The van der Waals surface area contributed by atoms with Gasteiger partial charge in [0.25, 0.3) is 5.69 Å².